The van der Waals surface area contributed by atoms with E-state index in [9.17, 15) is 14.4 Å². The Kier molecular flexibility index (Phi) is 10.8. The predicted molar refractivity (Wildman–Crippen MR) is 160 cm³/mol. The smallest absolute Gasteiger partial charge is 0.349 e. The van der Waals surface area contributed by atoms with Crippen LogP contribution in [0.15, 0.2) is 35.3 Å². The Morgan fingerprint density at radius 3 is 2.33 bits per heavy atom. The minimum atomic E-state index is -0.664. The van der Waals surface area contributed by atoms with Crippen molar-refractivity contribution in [1.29, 1.82) is 0 Å². The zero-order valence-electron chi connectivity index (χ0n) is 24.1. The van der Waals surface area contributed by atoms with Crippen LogP contribution in [0.4, 0.5) is 10.5 Å². The molecule has 0 spiro atoms. The molecule has 0 atom stereocenters. The molecule has 3 amide bonds. The molecule has 10 heteroatoms. The van der Waals surface area contributed by atoms with Crippen molar-refractivity contribution < 1.29 is 19.1 Å². The highest BCUT2D eigenvalue weighted by molar-refractivity contribution is 6.42. The second kappa shape index (κ2) is 13.6. The number of carbonyl (C=O) groups is 3. The van der Waals surface area contributed by atoms with E-state index in [1.165, 1.54) is 0 Å². The fourth-order valence-corrected chi connectivity index (χ4v) is 4.84. The van der Waals surface area contributed by atoms with Crippen molar-refractivity contribution >= 4 is 52.6 Å². The number of benzene rings is 2. The first kappa shape index (κ1) is 31.6. The van der Waals surface area contributed by atoms with Crippen molar-refractivity contribution in [3.8, 4) is 0 Å². The molecule has 1 aliphatic heterocycles. The van der Waals surface area contributed by atoms with Crippen LogP contribution in [0.1, 0.15) is 62.3 Å². The Labute approximate surface area is 246 Å². The highest BCUT2D eigenvalue weighted by Crippen LogP contribution is 2.27. The maximum absolute atomic E-state index is 12.3. The lowest BCUT2D eigenvalue weighted by Crippen LogP contribution is -2.45. The fraction of sp³-hybridized carbons (Fsp3) is 0.467. The van der Waals surface area contributed by atoms with Gasteiger partial charge in [-0.05, 0) is 95.0 Å². The second-order valence-electron chi connectivity index (χ2n) is 11.1. The van der Waals surface area contributed by atoms with E-state index in [0.29, 0.717) is 48.5 Å². The van der Waals surface area contributed by atoms with E-state index in [4.69, 9.17) is 27.9 Å². The van der Waals surface area contributed by atoms with Gasteiger partial charge in [0.2, 0.25) is 5.91 Å². The van der Waals surface area contributed by atoms with Crippen LogP contribution in [0.25, 0.3) is 0 Å². The number of halogens is 2. The number of hydrogen-bond donors (Lipinski definition) is 1. The van der Waals surface area contributed by atoms with Crippen molar-refractivity contribution in [3.63, 3.8) is 0 Å². The van der Waals surface area contributed by atoms with E-state index in [-0.39, 0.29) is 24.7 Å². The average Bonchev–Trinajstić information content (AvgIpc) is 2.82. The highest BCUT2D eigenvalue weighted by atomic mass is 35.5. The summed E-state index contributed by atoms with van der Waals surface area (Å²) >= 11 is 12.4. The van der Waals surface area contributed by atoms with E-state index in [1.807, 2.05) is 51.7 Å². The number of amidine groups is 1. The predicted octanol–water partition coefficient (Wildman–Crippen LogP) is 6.39. The molecule has 1 heterocycles. The largest absolute Gasteiger partial charge is 0.460 e. The molecule has 0 saturated heterocycles. The van der Waals surface area contributed by atoms with Gasteiger partial charge in [-0.15, -0.1) is 0 Å². The summed E-state index contributed by atoms with van der Waals surface area (Å²) in [5.41, 5.74) is 4.61. The van der Waals surface area contributed by atoms with Crippen molar-refractivity contribution in [2.24, 2.45) is 4.99 Å². The van der Waals surface area contributed by atoms with Crippen LogP contribution in [0.5, 0.6) is 0 Å². The number of aliphatic imine (C=N–C) groups is 1. The Bertz CT molecular complexity index is 1300. The second-order valence-corrected chi connectivity index (χ2v) is 12.0. The number of ether oxygens (including phenoxy) is 1. The lowest BCUT2D eigenvalue weighted by Gasteiger charge is -2.32. The van der Waals surface area contributed by atoms with E-state index in [2.05, 4.69) is 34.3 Å². The third-order valence-corrected chi connectivity index (χ3v) is 7.25. The molecule has 0 bridgehead atoms. The number of nitrogens with one attached hydrogen (secondary N) is 1. The highest BCUT2D eigenvalue weighted by Gasteiger charge is 2.26. The maximum Gasteiger partial charge on any atom is 0.349 e. The SMILES string of the molecule is Cc1cc(C)c(N(CCN(CCCC(=O)OC(C)(C)C)Cc2ccc(Cl)c(Cl)c2)C2=NC(=O)NC(=O)C2)cc1C. The summed E-state index contributed by atoms with van der Waals surface area (Å²) in [5, 5.41) is 3.20. The van der Waals surface area contributed by atoms with Gasteiger partial charge in [0.25, 0.3) is 0 Å². The van der Waals surface area contributed by atoms with Gasteiger partial charge in [0.15, 0.2) is 0 Å². The molecule has 0 fully saturated rings. The molecular weight excluding hydrogens is 551 g/mol. The Morgan fingerprint density at radius 2 is 1.68 bits per heavy atom. The molecule has 40 heavy (non-hydrogen) atoms. The number of anilines is 1. The van der Waals surface area contributed by atoms with Crippen molar-refractivity contribution in [2.45, 2.75) is 73.0 Å². The van der Waals surface area contributed by atoms with Crippen LogP contribution in [-0.2, 0) is 20.9 Å². The van der Waals surface area contributed by atoms with Gasteiger partial charge in [-0.2, -0.15) is 4.99 Å². The molecule has 216 valence electrons. The Balaban J connectivity index is 1.85. The van der Waals surface area contributed by atoms with Crippen LogP contribution < -0.4 is 10.2 Å². The summed E-state index contributed by atoms with van der Waals surface area (Å²) in [6, 6.07) is 9.03. The topological polar surface area (TPSA) is 91.3 Å². The van der Waals surface area contributed by atoms with Crippen LogP contribution in [0, 0.1) is 20.8 Å². The van der Waals surface area contributed by atoms with Crippen molar-refractivity contribution in [3.05, 3.63) is 62.6 Å². The quantitative estimate of drug-likeness (QED) is 0.323. The molecule has 1 N–H and O–H groups in total. The van der Waals surface area contributed by atoms with Gasteiger partial charge >= 0.3 is 12.0 Å². The molecule has 1 aliphatic rings. The molecule has 0 aliphatic carbocycles. The van der Waals surface area contributed by atoms with Crippen LogP contribution in [0.2, 0.25) is 10.0 Å². The first-order valence-corrected chi connectivity index (χ1v) is 14.1. The van der Waals surface area contributed by atoms with Crippen LogP contribution >= 0.6 is 23.2 Å². The van der Waals surface area contributed by atoms with E-state index in [0.717, 1.165) is 27.9 Å². The molecule has 0 saturated carbocycles. The van der Waals surface area contributed by atoms with Gasteiger partial charge in [-0.25, -0.2) is 4.79 Å². The lowest BCUT2D eigenvalue weighted by atomic mass is 10.0. The van der Waals surface area contributed by atoms with Crippen LogP contribution in [0.3, 0.4) is 0 Å². The number of carbonyl (C=O) groups excluding carboxylic acids is 3. The minimum absolute atomic E-state index is 0.00351. The zero-order valence-corrected chi connectivity index (χ0v) is 25.6. The van der Waals surface area contributed by atoms with Gasteiger partial charge in [0, 0.05) is 31.7 Å². The Morgan fingerprint density at radius 1 is 0.975 bits per heavy atom. The number of nitrogens with zero attached hydrogens (tertiary/aromatic N) is 3. The molecule has 0 unspecified atom stereocenters. The minimum Gasteiger partial charge on any atom is -0.460 e. The third kappa shape index (κ3) is 9.32. The van der Waals surface area contributed by atoms with Gasteiger partial charge < -0.3 is 9.64 Å². The monoisotopic (exact) mass is 588 g/mol. The first-order chi connectivity index (χ1) is 18.7. The van der Waals surface area contributed by atoms with Crippen molar-refractivity contribution in [2.75, 3.05) is 24.5 Å². The van der Waals surface area contributed by atoms with Crippen LogP contribution in [-0.4, -0.2) is 53.9 Å². The maximum atomic E-state index is 12.3. The average molecular weight is 590 g/mol. The molecule has 2 aromatic carbocycles. The molecule has 0 radical (unpaired) electrons. The van der Waals surface area contributed by atoms with E-state index < -0.39 is 11.6 Å². The van der Waals surface area contributed by atoms with Crippen molar-refractivity contribution in [1.82, 2.24) is 10.2 Å². The van der Waals surface area contributed by atoms with Gasteiger partial charge in [-0.3, -0.25) is 19.8 Å². The number of imide groups is 1. The summed E-state index contributed by atoms with van der Waals surface area (Å²) in [7, 11) is 0. The number of esters is 1. The van der Waals surface area contributed by atoms with Gasteiger partial charge in [-0.1, -0.05) is 35.3 Å². The number of hydrogen-bond acceptors (Lipinski definition) is 6. The molecule has 8 nitrogen and oxygen atoms in total. The normalized spacial score (nSPS) is 13.8. The van der Waals surface area contributed by atoms with Gasteiger partial charge in [0.1, 0.15) is 11.4 Å². The van der Waals surface area contributed by atoms with E-state index in [1.54, 1.807) is 6.07 Å². The fourth-order valence-electron chi connectivity index (χ4n) is 4.52. The molecule has 0 aromatic heterocycles. The standard InChI is InChI=1S/C30H38Cl2N4O4/c1-19-14-21(3)25(15-20(19)2)36(26-17-27(37)34-29(39)33-26)13-12-35(11-7-8-28(38)40-30(4,5)6)18-22-9-10-23(31)24(32)16-22/h9-10,14-16H,7-8,11-13,17-18H2,1-6H3,(H,34,37,39). The molecule has 3 rings (SSSR count). The van der Waals surface area contributed by atoms with Gasteiger partial charge in [0.05, 0.1) is 16.5 Å². The summed E-state index contributed by atoms with van der Waals surface area (Å²) in [5.74, 6) is -0.217. The zero-order chi connectivity index (χ0) is 29.6. The first-order valence-electron chi connectivity index (χ1n) is 13.4. The summed E-state index contributed by atoms with van der Waals surface area (Å²) < 4.78 is 5.47. The number of amides is 3. The molecular formula is C30H38Cl2N4O4. The third-order valence-electron chi connectivity index (χ3n) is 6.52. The van der Waals surface area contributed by atoms with E-state index >= 15 is 0 Å². The summed E-state index contributed by atoms with van der Waals surface area (Å²) in [6.45, 7) is 13.9. The molecule has 2 aromatic rings. The number of rotatable bonds is 10. The lowest BCUT2D eigenvalue weighted by molar-refractivity contribution is -0.155. The number of aryl methyl sites for hydroxylation is 3. The Hall–Kier alpha value is -2.94. The summed E-state index contributed by atoms with van der Waals surface area (Å²) in [4.78, 5) is 45.1. The number of urea groups is 1. The summed E-state index contributed by atoms with van der Waals surface area (Å²) in [6.07, 6.45) is 0.890.